The van der Waals surface area contributed by atoms with Crippen LogP contribution in [0.25, 0.3) is 10.1 Å². The second-order valence-corrected chi connectivity index (χ2v) is 7.13. The zero-order chi connectivity index (χ0) is 19.2. The predicted octanol–water partition coefficient (Wildman–Crippen LogP) is 3.73. The number of hydrogen-bond acceptors (Lipinski definition) is 5. The van der Waals surface area contributed by atoms with Gasteiger partial charge in [0.15, 0.2) is 6.61 Å². The van der Waals surface area contributed by atoms with E-state index < -0.39 is 5.97 Å². The van der Waals surface area contributed by atoms with Crippen molar-refractivity contribution in [1.29, 1.82) is 0 Å². The van der Waals surface area contributed by atoms with E-state index in [0.717, 1.165) is 27.0 Å². The number of carbonyl (C=O) groups excluding carboxylic acids is 2. The maximum Gasteiger partial charge on any atom is 0.349 e. The Morgan fingerprint density at radius 2 is 1.81 bits per heavy atom. The summed E-state index contributed by atoms with van der Waals surface area (Å²) in [5.74, 6) is 0.0286. The molecule has 0 fully saturated rings. The Hall–Kier alpha value is -2.86. The number of ether oxygens (including phenoxy) is 2. The summed E-state index contributed by atoms with van der Waals surface area (Å²) in [5, 5.41) is 3.80. The van der Waals surface area contributed by atoms with Gasteiger partial charge < -0.3 is 14.8 Å². The largest absolute Gasteiger partial charge is 0.497 e. The number of methoxy groups -OCH3 is 1. The molecule has 0 saturated carbocycles. The molecule has 0 aliphatic heterocycles. The maximum atomic E-state index is 12.3. The van der Waals surface area contributed by atoms with Gasteiger partial charge in [-0.05, 0) is 48.1 Å². The number of benzene rings is 2. The summed E-state index contributed by atoms with van der Waals surface area (Å²) in [6, 6.07) is 15.5. The first-order valence-corrected chi connectivity index (χ1v) is 9.45. The van der Waals surface area contributed by atoms with Crippen molar-refractivity contribution < 1.29 is 19.1 Å². The minimum Gasteiger partial charge on any atom is -0.497 e. The van der Waals surface area contributed by atoms with Gasteiger partial charge in [-0.25, -0.2) is 4.79 Å². The number of nitrogens with one attached hydrogen (secondary N) is 1. The third kappa shape index (κ3) is 4.65. The highest BCUT2D eigenvalue weighted by atomic mass is 32.1. The van der Waals surface area contributed by atoms with Crippen LogP contribution >= 0.6 is 11.3 Å². The molecule has 3 rings (SSSR count). The molecule has 0 bridgehead atoms. The van der Waals surface area contributed by atoms with Gasteiger partial charge in [0.25, 0.3) is 5.91 Å². The van der Waals surface area contributed by atoms with Crippen LogP contribution in [0, 0.1) is 6.92 Å². The van der Waals surface area contributed by atoms with Crippen LogP contribution in [0.1, 0.15) is 20.8 Å². The highest BCUT2D eigenvalue weighted by Gasteiger charge is 2.17. The molecule has 3 aromatic rings. The molecular formula is C21H21NO4S. The Bertz CT molecular complexity index is 946. The first-order valence-electron chi connectivity index (χ1n) is 8.63. The average Bonchev–Trinajstić information content (AvgIpc) is 3.04. The van der Waals surface area contributed by atoms with Gasteiger partial charge in [0.1, 0.15) is 10.6 Å². The first kappa shape index (κ1) is 18.9. The zero-order valence-corrected chi connectivity index (χ0v) is 16.1. The summed E-state index contributed by atoms with van der Waals surface area (Å²) >= 11 is 1.39. The summed E-state index contributed by atoms with van der Waals surface area (Å²) in [6.07, 6.45) is 0.694. The number of fused-ring (bicyclic) bond motifs is 1. The number of carbonyl (C=O) groups is 2. The Morgan fingerprint density at radius 1 is 1.07 bits per heavy atom. The lowest BCUT2D eigenvalue weighted by Gasteiger charge is -2.07. The van der Waals surface area contributed by atoms with E-state index in [2.05, 4.69) is 5.32 Å². The molecule has 0 saturated heterocycles. The SMILES string of the molecule is COc1ccc(CCNC(=O)COC(=O)c2sc3ccccc3c2C)cc1. The van der Waals surface area contributed by atoms with Crippen LogP contribution in [0.3, 0.4) is 0 Å². The topological polar surface area (TPSA) is 64.6 Å². The Balaban J connectivity index is 1.46. The highest BCUT2D eigenvalue weighted by molar-refractivity contribution is 7.21. The molecule has 2 aromatic carbocycles. The molecule has 0 spiro atoms. The smallest absolute Gasteiger partial charge is 0.349 e. The van der Waals surface area contributed by atoms with E-state index in [4.69, 9.17) is 9.47 Å². The summed E-state index contributed by atoms with van der Waals surface area (Å²) in [5.41, 5.74) is 1.98. The highest BCUT2D eigenvalue weighted by Crippen LogP contribution is 2.30. The molecule has 27 heavy (non-hydrogen) atoms. The van der Waals surface area contributed by atoms with Crippen LogP contribution < -0.4 is 10.1 Å². The predicted molar refractivity (Wildman–Crippen MR) is 107 cm³/mol. The fourth-order valence-electron chi connectivity index (χ4n) is 2.76. The lowest BCUT2D eigenvalue weighted by atomic mass is 10.1. The lowest BCUT2D eigenvalue weighted by Crippen LogP contribution is -2.30. The number of aryl methyl sites for hydroxylation is 1. The number of hydrogen-bond donors (Lipinski definition) is 1. The van der Waals surface area contributed by atoms with Gasteiger partial charge in [0.05, 0.1) is 7.11 Å². The second-order valence-electron chi connectivity index (χ2n) is 6.08. The summed E-state index contributed by atoms with van der Waals surface area (Å²) in [6.45, 7) is 2.09. The lowest BCUT2D eigenvalue weighted by molar-refractivity contribution is -0.124. The van der Waals surface area contributed by atoms with E-state index in [1.54, 1.807) is 7.11 Å². The molecule has 1 aromatic heterocycles. The molecular weight excluding hydrogens is 362 g/mol. The van der Waals surface area contributed by atoms with Gasteiger partial charge in [-0.15, -0.1) is 11.3 Å². The van der Waals surface area contributed by atoms with E-state index in [-0.39, 0.29) is 12.5 Å². The van der Waals surface area contributed by atoms with Crippen molar-refractivity contribution in [3.63, 3.8) is 0 Å². The summed E-state index contributed by atoms with van der Waals surface area (Å²) < 4.78 is 11.3. The summed E-state index contributed by atoms with van der Waals surface area (Å²) in [4.78, 5) is 24.8. The minimum absolute atomic E-state index is 0.283. The molecule has 6 heteroatoms. The van der Waals surface area contributed by atoms with Gasteiger partial charge >= 0.3 is 5.97 Å². The normalized spacial score (nSPS) is 10.6. The molecule has 0 aliphatic carbocycles. The van der Waals surface area contributed by atoms with Gasteiger partial charge in [-0.1, -0.05) is 30.3 Å². The average molecular weight is 383 g/mol. The van der Waals surface area contributed by atoms with Crippen molar-refractivity contribution in [2.75, 3.05) is 20.3 Å². The maximum absolute atomic E-state index is 12.3. The third-order valence-electron chi connectivity index (χ3n) is 4.26. The van der Waals surface area contributed by atoms with Crippen molar-refractivity contribution >= 4 is 33.3 Å². The van der Waals surface area contributed by atoms with Crippen molar-refractivity contribution in [3.8, 4) is 5.75 Å². The third-order valence-corrected chi connectivity index (χ3v) is 5.51. The molecule has 0 aliphatic rings. The number of esters is 1. The molecule has 5 nitrogen and oxygen atoms in total. The number of thiophene rings is 1. The van der Waals surface area contributed by atoms with Crippen molar-refractivity contribution in [1.82, 2.24) is 5.32 Å². The van der Waals surface area contributed by atoms with Gasteiger partial charge in [0.2, 0.25) is 0 Å². The minimum atomic E-state index is -0.459. The quantitative estimate of drug-likeness (QED) is 0.632. The van der Waals surface area contributed by atoms with E-state index >= 15 is 0 Å². The molecule has 140 valence electrons. The van der Waals surface area contributed by atoms with Crippen LogP contribution in [0.2, 0.25) is 0 Å². The monoisotopic (exact) mass is 383 g/mol. The molecule has 0 unspecified atom stereocenters. The molecule has 0 radical (unpaired) electrons. The fourth-order valence-corrected chi connectivity index (χ4v) is 3.86. The second kappa shape index (κ2) is 8.68. The molecule has 1 N–H and O–H groups in total. The van der Waals surface area contributed by atoms with Crippen LogP contribution in [-0.2, 0) is 16.0 Å². The van der Waals surface area contributed by atoms with Crippen LogP contribution in [-0.4, -0.2) is 32.1 Å². The van der Waals surface area contributed by atoms with Crippen LogP contribution in [0.15, 0.2) is 48.5 Å². The van der Waals surface area contributed by atoms with Crippen LogP contribution in [0.4, 0.5) is 0 Å². The number of amides is 1. The van der Waals surface area contributed by atoms with Gasteiger partial charge in [-0.2, -0.15) is 0 Å². The van der Waals surface area contributed by atoms with E-state index in [1.165, 1.54) is 11.3 Å². The molecule has 1 amide bonds. The fraction of sp³-hybridized carbons (Fsp3) is 0.238. The van der Waals surface area contributed by atoms with Crippen LogP contribution in [0.5, 0.6) is 5.75 Å². The molecule has 1 heterocycles. The number of rotatable bonds is 7. The Labute approximate surface area is 161 Å². The van der Waals surface area contributed by atoms with E-state index in [0.29, 0.717) is 17.8 Å². The first-order chi connectivity index (χ1) is 13.1. The van der Waals surface area contributed by atoms with Gasteiger partial charge in [-0.3, -0.25) is 4.79 Å². The van der Waals surface area contributed by atoms with E-state index in [1.807, 2.05) is 55.5 Å². The van der Waals surface area contributed by atoms with Gasteiger partial charge in [0, 0.05) is 11.2 Å². The standard InChI is InChI=1S/C21H21NO4S/c1-14-17-5-3-4-6-18(17)27-20(14)21(24)26-13-19(23)22-12-11-15-7-9-16(25-2)10-8-15/h3-10H,11-13H2,1-2H3,(H,22,23). The van der Waals surface area contributed by atoms with Crippen molar-refractivity contribution in [2.45, 2.75) is 13.3 Å². The van der Waals surface area contributed by atoms with Crippen molar-refractivity contribution in [2.24, 2.45) is 0 Å². The van der Waals surface area contributed by atoms with Crippen molar-refractivity contribution in [3.05, 3.63) is 64.5 Å². The molecule has 0 atom stereocenters. The zero-order valence-electron chi connectivity index (χ0n) is 15.3. The Kier molecular flexibility index (Phi) is 6.08. The summed E-state index contributed by atoms with van der Waals surface area (Å²) in [7, 11) is 1.62. The Morgan fingerprint density at radius 3 is 2.52 bits per heavy atom. The van der Waals surface area contributed by atoms with E-state index in [9.17, 15) is 9.59 Å².